The van der Waals surface area contributed by atoms with Crippen LogP contribution in [0, 0.1) is 5.92 Å². The van der Waals surface area contributed by atoms with Crippen molar-refractivity contribution >= 4 is 36.7 Å². The summed E-state index contributed by atoms with van der Waals surface area (Å²) in [7, 11) is -3.14. The molecule has 0 heterocycles. The number of Topliss-reactive ketones (excluding diaryl/α,β-unsaturated/α-hetero) is 1. The molecule has 0 spiro atoms. The summed E-state index contributed by atoms with van der Waals surface area (Å²) in [5.41, 5.74) is 0.929. The van der Waals surface area contributed by atoms with E-state index in [0.29, 0.717) is 22.1 Å². The van der Waals surface area contributed by atoms with Crippen molar-refractivity contribution in [3.63, 3.8) is 0 Å². The molecule has 4 nitrogen and oxygen atoms in total. The van der Waals surface area contributed by atoms with Crippen molar-refractivity contribution in [2.45, 2.75) is 45.1 Å². The molecule has 0 unspecified atom stereocenters. The summed E-state index contributed by atoms with van der Waals surface area (Å²) in [6.45, 7) is 2.03. The van der Waals surface area contributed by atoms with Crippen molar-refractivity contribution in [3.8, 4) is 0 Å². The average Bonchev–Trinajstić information content (AvgIpc) is 2.55. The molecule has 140 valence electrons. The number of hydrogen-bond donors (Lipinski definition) is 3. The van der Waals surface area contributed by atoms with Crippen molar-refractivity contribution in [3.05, 3.63) is 33.8 Å². The van der Waals surface area contributed by atoms with E-state index in [1.165, 1.54) is 6.42 Å². The Morgan fingerprint density at radius 1 is 1.24 bits per heavy atom. The minimum absolute atomic E-state index is 0.0813. The molecule has 2 rings (SSSR count). The van der Waals surface area contributed by atoms with Gasteiger partial charge in [0.15, 0.2) is 11.9 Å². The number of benzene rings is 1. The van der Waals surface area contributed by atoms with E-state index < -0.39 is 7.72 Å². The summed E-state index contributed by atoms with van der Waals surface area (Å²) >= 11 is 11.9. The molecule has 0 aromatic heterocycles. The molecule has 1 aromatic rings. The summed E-state index contributed by atoms with van der Waals surface area (Å²) in [4.78, 5) is 32.7. The minimum atomic E-state index is -3.14. The zero-order valence-electron chi connectivity index (χ0n) is 14.5. The van der Waals surface area contributed by atoms with Gasteiger partial charge in [-0.1, -0.05) is 48.5 Å². The Morgan fingerprint density at radius 3 is 2.56 bits per heavy atom. The average molecular weight is 407 g/mol. The molecule has 0 radical (unpaired) electrons. The van der Waals surface area contributed by atoms with Crippen molar-refractivity contribution in [1.29, 1.82) is 0 Å². The van der Waals surface area contributed by atoms with E-state index in [2.05, 4.69) is 5.32 Å². The van der Waals surface area contributed by atoms with Crippen LogP contribution < -0.4 is 5.32 Å². The number of rotatable bonds is 8. The third-order valence-electron chi connectivity index (χ3n) is 4.75. The highest BCUT2D eigenvalue weighted by Gasteiger charge is 2.39. The van der Waals surface area contributed by atoms with Gasteiger partial charge in [-0.15, -0.1) is 0 Å². The van der Waals surface area contributed by atoms with E-state index in [-0.39, 0.29) is 24.5 Å². The highest BCUT2D eigenvalue weighted by atomic mass is 35.5. The molecule has 0 aliphatic heterocycles. The van der Waals surface area contributed by atoms with Gasteiger partial charge in [0.2, 0.25) is 0 Å². The van der Waals surface area contributed by atoms with Crippen LogP contribution in [0.25, 0.3) is 0 Å². The van der Waals surface area contributed by atoms with Gasteiger partial charge in [-0.25, -0.2) is 9.79 Å². The van der Waals surface area contributed by atoms with Crippen LogP contribution in [0.3, 0.4) is 0 Å². The summed E-state index contributed by atoms with van der Waals surface area (Å²) in [6.07, 6.45) is 5.88. The van der Waals surface area contributed by atoms with Gasteiger partial charge in [-0.05, 0) is 43.4 Å². The molecule has 25 heavy (non-hydrogen) atoms. The van der Waals surface area contributed by atoms with Gasteiger partial charge in [-0.2, -0.15) is 0 Å². The Kier molecular flexibility index (Phi) is 8.13. The quantitative estimate of drug-likeness (QED) is 0.550. The monoisotopic (exact) mass is 406 g/mol. The van der Waals surface area contributed by atoms with E-state index >= 15 is 0 Å². The Labute approximate surface area is 160 Å². The lowest BCUT2D eigenvalue weighted by molar-refractivity contribution is -0.116. The molecule has 0 amide bonds. The van der Waals surface area contributed by atoms with Gasteiger partial charge in [0, 0.05) is 6.04 Å². The molecular formula is C18H27Cl2NO3P+. The number of ketones is 1. The maximum Gasteiger partial charge on any atom is 0.275 e. The van der Waals surface area contributed by atoms with E-state index in [1.807, 2.05) is 13.0 Å². The molecule has 0 bridgehead atoms. The van der Waals surface area contributed by atoms with Crippen molar-refractivity contribution < 1.29 is 14.6 Å². The summed E-state index contributed by atoms with van der Waals surface area (Å²) in [5.74, 6) is 0.189. The van der Waals surface area contributed by atoms with Crippen molar-refractivity contribution in [1.82, 2.24) is 5.32 Å². The molecule has 7 heteroatoms. The van der Waals surface area contributed by atoms with Gasteiger partial charge in [0.05, 0.1) is 16.6 Å². The lowest BCUT2D eigenvalue weighted by Crippen LogP contribution is -2.29. The maximum atomic E-state index is 12.2. The van der Waals surface area contributed by atoms with Crippen LogP contribution >= 0.6 is 30.9 Å². The zero-order chi connectivity index (χ0) is 18.4. The third kappa shape index (κ3) is 7.13. The van der Waals surface area contributed by atoms with E-state index in [0.717, 1.165) is 31.2 Å². The fraction of sp³-hybridized carbons (Fsp3) is 0.611. The molecule has 1 atom stereocenters. The van der Waals surface area contributed by atoms with Gasteiger partial charge in [0.1, 0.15) is 6.16 Å². The van der Waals surface area contributed by atoms with Gasteiger partial charge >= 0.3 is 0 Å². The SMILES string of the molecule is C[C@@H](NCC(=O)C[P+](O)(O)CC1CCCCC1)c1ccc(Cl)c(Cl)c1. The predicted octanol–water partition coefficient (Wildman–Crippen LogP) is 4.63. The fourth-order valence-corrected chi connectivity index (χ4v) is 5.66. The minimum Gasteiger partial charge on any atom is -0.303 e. The second-order valence-corrected chi connectivity index (χ2v) is 10.3. The van der Waals surface area contributed by atoms with Crippen molar-refractivity contribution in [2.75, 3.05) is 18.9 Å². The molecule has 1 aliphatic rings. The highest BCUT2D eigenvalue weighted by molar-refractivity contribution is 7.65. The van der Waals surface area contributed by atoms with Gasteiger partial charge < -0.3 is 5.32 Å². The normalized spacial score (nSPS) is 17.5. The lowest BCUT2D eigenvalue weighted by Gasteiger charge is -2.23. The number of hydrogen-bond acceptors (Lipinski definition) is 4. The Morgan fingerprint density at radius 2 is 1.92 bits per heavy atom. The molecular weight excluding hydrogens is 380 g/mol. The standard InChI is InChI=1S/C18H27Cl2NO3P/c1-13(15-7-8-17(19)18(20)9-15)21-10-16(22)12-25(23,24)11-14-5-3-2-4-6-14/h7-9,13-14,21,23-24H,2-6,10-12H2,1H3/q+1/t13-/m1/s1. The lowest BCUT2D eigenvalue weighted by atomic mass is 9.91. The largest absolute Gasteiger partial charge is 0.303 e. The first kappa shape index (κ1) is 21.1. The second kappa shape index (κ2) is 9.64. The first-order chi connectivity index (χ1) is 11.8. The molecule has 1 saturated carbocycles. The number of halogens is 2. The van der Waals surface area contributed by atoms with Crippen LogP contribution in [-0.4, -0.2) is 34.4 Å². The number of carbonyl (C=O) groups excluding carboxylic acids is 1. The predicted molar refractivity (Wildman–Crippen MR) is 106 cm³/mol. The number of nitrogens with one attached hydrogen (secondary N) is 1. The van der Waals surface area contributed by atoms with Crippen LogP contribution in [0.2, 0.25) is 10.0 Å². The second-order valence-electron chi connectivity index (χ2n) is 7.04. The van der Waals surface area contributed by atoms with Crippen LogP contribution in [-0.2, 0) is 4.79 Å². The van der Waals surface area contributed by atoms with Crippen LogP contribution in [0.15, 0.2) is 18.2 Å². The van der Waals surface area contributed by atoms with E-state index in [4.69, 9.17) is 23.2 Å². The summed E-state index contributed by atoms with van der Waals surface area (Å²) in [5, 5.41) is 4.08. The van der Waals surface area contributed by atoms with Crippen LogP contribution in [0.1, 0.15) is 50.6 Å². The first-order valence-corrected chi connectivity index (χ1v) is 11.6. The van der Waals surface area contributed by atoms with Crippen LogP contribution in [0.4, 0.5) is 0 Å². The zero-order valence-corrected chi connectivity index (χ0v) is 17.0. The summed E-state index contributed by atoms with van der Waals surface area (Å²) in [6, 6.07) is 5.27. The van der Waals surface area contributed by atoms with Gasteiger partial charge in [0.25, 0.3) is 7.72 Å². The number of carbonyl (C=O) groups is 1. The van der Waals surface area contributed by atoms with Crippen LogP contribution in [0.5, 0.6) is 0 Å². The molecule has 1 aromatic carbocycles. The molecule has 3 N–H and O–H groups in total. The summed E-state index contributed by atoms with van der Waals surface area (Å²) < 4.78 is 0. The Bertz CT molecular complexity index is 592. The van der Waals surface area contributed by atoms with Gasteiger partial charge in [-0.3, -0.25) is 4.79 Å². The fourth-order valence-electron chi connectivity index (χ4n) is 3.35. The molecule has 0 saturated heterocycles. The Hall–Kier alpha value is -0.220. The topological polar surface area (TPSA) is 69.6 Å². The molecule has 1 fully saturated rings. The Balaban J connectivity index is 1.79. The highest BCUT2D eigenvalue weighted by Crippen LogP contribution is 2.53. The smallest absolute Gasteiger partial charge is 0.275 e. The first-order valence-electron chi connectivity index (χ1n) is 8.79. The molecule has 1 aliphatic carbocycles. The van der Waals surface area contributed by atoms with E-state index in [1.54, 1.807) is 12.1 Å². The van der Waals surface area contributed by atoms with Crippen molar-refractivity contribution in [2.24, 2.45) is 5.92 Å². The maximum absolute atomic E-state index is 12.2. The third-order valence-corrected chi connectivity index (χ3v) is 7.45. The van der Waals surface area contributed by atoms with E-state index in [9.17, 15) is 14.6 Å².